The molecular formula is C19H15ClFN5. The molecule has 1 saturated heterocycles. The predicted molar refractivity (Wildman–Crippen MR) is 100 cm³/mol. The van der Waals surface area contributed by atoms with Gasteiger partial charge in [0.2, 0.25) is 0 Å². The summed E-state index contributed by atoms with van der Waals surface area (Å²) in [6.07, 6.45) is 2.28. The molecule has 1 fully saturated rings. The van der Waals surface area contributed by atoms with Gasteiger partial charge >= 0.3 is 0 Å². The number of rotatable bonds is 2. The smallest absolute Gasteiger partial charge is 0.186 e. The van der Waals surface area contributed by atoms with E-state index in [-0.39, 0.29) is 5.82 Å². The van der Waals surface area contributed by atoms with Crippen molar-refractivity contribution in [1.29, 1.82) is 0 Å². The van der Waals surface area contributed by atoms with E-state index in [1.165, 1.54) is 12.1 Å². The first-order chi connectivity index (χ1) is 12.7. The summed E-state index contributed by atoms with van der Waals surface area (Å²) in [5, 5.41) is 10.2. The predicted octanol–water partition coefficient (Wildman–Crippen LogP) is 4.34. The molecule has 1 aliphatic heterocycles. The van der Waals surface area contributed by atoms with Gasteiger partial charge in [0.1, 0.15) is 17.3 Å². The Morgan fingerprint density at radius 3 is 2.69 bits per heavy atom. The van der Waals surface area contributed by atoms with Gasteiger partial charge in [-0.05, 0) is 43.2 Å². The van der Waals surface area contributed by atoms with Crippen LogP contribution in [0.1, 0.15) is 12.8 Å². The van der Waals surface area contributed by atoms with Gasteiger partial charge in [-0.3, -0.25) is 0 Å². The summed E-state index contributed by atoms with van der Waals surface area (Å²) in [6.45, 7) is 1.92. The molecule has 0 saturated carbocycles. The minimum absolute atomic E-state index is 0.309. The largest absolute Gasteiger partial charge is 0.356 e. The molecule has 0 amide bonds. The number of nitrogens with zero attached hydrogens (tertiary/aromatic N) is 5. The third-order valence-corrected chi connectivity index (χ3v) is 5.02. The van der Waals surface area contributed by atoms with E-state index >= 15 is 0 Å². The molecule has 0 bridgehead atoms. The summed E-state index contributed by atoms with van der Waals surface area (Å²) in [6, 6.07) is 12.0. The molecule has 4 aromatic rings. The second kappa shape index (κ2) is 5.92. The van der Waals surface area contributed by atoms with Gasteiger partial charge in [0.25, 0.3) is 0 Å². The third kappa shape index (κ3) is 2.41. The fourth-order valence-electron chi connectivity index (χ4n) is 3.56. The van der Waals surface area contributed by atoms with Crippen molar-refractivity contribution in [3.8, 4) is 11.3 Å². The molecule has 5 nitrogen and oxygen atoms in total. The first kappa shape index (κ1) is 15.5. The first-order valence-electron chi connectivity index (χ1n) is 8.56. The number of fused-ring (bicyclic) bond motifs is 3. The first-order valence-corrected chi connectivity index (χ1v) is 8.94. The van der Waals surface area contributed by atoms with E-state index in [0.717, 1.165) is 42.7 Å². The Bertz CT molecular complexity index is 1130. The van der Waals surface area contributed by atoms with Crippen molar-refractivity contribution < 1.29 is 4.39 Å². The van der Waals surface area contributed by atoms with Crippen molar-refractivity contribution in [3.63, 3.8) is 0 Å². The van der Waals surface area contributed by atoms with Crippen LogP contribution >= 0.6 is 11.6 Å². The fraction of sp³-hybridized carbons (Fsp3) is 0.211. The van der Waals surface area contributed by atoms with E-state index in [1.54, 1.807) is 10.6 Å². The number of anilines is 1. The van der Waals surface area contributed by atoms with E-state index in [2.05, 4.69) is 15.2 Å². The molecule has 0 atom stereocenters. The van der Waals surface area contributed by atoms with Crippen molar-refractivity contribution in [2.45, 2.75) is 12.8 Å². The van der Waals surface area contributed by atoms with Gasteiger partial charge in [0, 0.05) is 29.1 Å². The molecule has 2 aromatic heterocycles. The van der Waals surface area contributed by atoms with Crippen molar-refractivity contribution in [2.75, 3.05) is 18.0 Å². The van der Waals surface area contributed by atoms with Crippen molar-refractivity contribution in [3.05, 3.63) is 53.3 Å². The summed E-state index contributed by atoms with van der Waals surface area (Å²) in [4.78, 5) is 7.14. The molecule has 7 heteroatoms. The van der Waals surface area contributed by atoms with Crippen molar-refractivity contribution in [2.24, 2.45) is 0 Å². The zero-order valence-corrected chi connectivity index (χ0v) is 14.6. The van der Waals surface area contributed by atoms with Crippen LogP contribution in [0.15, 0.2) is 42.5 Å². The van der Waals surface area contributed by atoms with Crippen LogP contribution in [0, 0.1) is 5.82 Å². The molecule has 2 aromatic carbocycles. The Morgan fingerprint density at radius 2 is 1.88 bits per heavy atom. The van der Waals surface area contributed by atoms with E-state index in [0.29, 0.717) is 21.9 Å². The van der Waals surface area contributed by atoms with E-state index < -0.39 is 0 Å². The molecule has 0 unspecified atom stereocenters. The lowest BCUT2D eigenvalue weighted by atomic mass is 10.1. The normalized spacial score (nSPS) is 14.6. The lowest BCUT2D eigenvalue weighted by molar-refractivity contribution is 0.628. The highest BCUT2D eigenvalue weighted by molar-refractivity contribution is 6.31. The molecule has 1 aliphatic rings. The standard InChI is InChI=1S/C19H15ClFN5/c20-13-6-7-16-15(11-13)18(25-8-1-2-9-25)22-19-17(23-24-26(16)19)12-4-3-5-14(21)10-12/h3-7,10-11H,1-2,8-9H2. The molecule has 0 spiro atoms. The fourth-order valence-corrected chi connectivity index (χ4v) is 3.74. The van der Waals surface area contributed by atoms with Crippen LogP contribution in [-0.2, 0) is 0 Å². The van der Waals surface area contributed by atoms with Crippen LogP contribution in [0.3, 0.4) is 0 Å². The monoisotopic (exact) mass is 367 g/mol. The van der Waals surface area contributed by atoms with Crippen LogP contribution in [0.25, 0.3) is 27.8 Å². The van der Waals surface area contributed by atoms with Crippen molar-refractivity contribution >= 4 is 34.0 Å². The summed E-state index contributed by atoms with van der Waals surface area (Å²) in [5.41, 5.74) is 2.73. The van der Waals surface area contributed by atoms with Crippen LogP contribution < -0.4 is 4.90 Å². The van der Waals surface area contributed by atoms with Crippen LogP contribution in [0.4, 0.5) is 10.2 Å². The van der Waals surface area contributed by atoms with E-state index in [1.807, 2.05) is 24.3 Å². The Balaban J connectivity index is 1.83. The van der Waals surface area contributed by atoms with Crippen LogP contribution in [-0.4, -0.2) is 32.9 Å². The highest BCUT2D eigenvalue weighted by Crippen LogP contribution is 2.33. The Labute approximate surface area is 154 Å². The molecular weight excluding hydrogens is 353 g/mol. The average Bonchev–Trinajstić information content (AvgIpc) is 3.30. The maximum atomic E-state index is 13.7. The Morgan fingerprint density at radius 1 is 1.04 bits per heavy atom. The molecule has 0 N–H and O–H groups in total. The Kier molecular flexibility index (Phi) is 3.53. The maximum absolute atomic E-state index is 13.7. The molecule has 0 aliphatic carbocycles. The van der Waals surface area contributed by atoms with Crippen LogP contribution in [0.5, 0.6) is 0 Å². The molecule has 5 rings (SSSR count). The highest BCUT2D eigenvalue weighted by Gasteiger charge is 2.21. The van der Waals surface area contributed by atoms with Gasteiger partial charge in [-0.15, -0.1) is 5.10 Å². The van der Waals surface area contributed by atoms with Gasteiger partial charge < -0.3 is 4.90 Å². The average molecular weight is 368 g/mol. The number of hydrogen-bond acceptors (Lipinski definition) is 4. The third-order valence-electron chi connectivity index (χ3n) is 4.79. The van der Waals surface area contributed by atoms with Gasteiger partial charge in [-0.25, -0.2) is 9.37 Å². The summed E-state index contributed by atoms with van der Waals surface area (Å²) < 4.78 is 15.4. The molecule has 3 heterocycles. The zero-order valence-electron chi connectivity index (χ0n) is 13.9. The lowest BCUT2D eigenvalue weighted by Crippen LogP contribution is -2.20. The summed E-state index contributed by atoms with van der Waals surface area (Å²) in [5.74, 6) is 0.573. The minimum atomic E-state index is -0.309. The van der Waals surface area contributed by atoms with Gasteiger partial charge in [0.15, 0.2) is 5.65 Å². The number of benzene rings is 2. The van der Waals surface area contributed by atoms with E-state index in [4.69, 9.17) is 16.6 Å². The Hall–Kier alpha value is -2.73. The summed E-state index contributed by atoms with van der Waals surface area (Å²) in [7, 11) is 0. The molecule has 130 valence electrons. The van der Waals surface area contributed by atoms with Gasteiger partial charge in [0.05, 0.1) is 5.52 Å². The number of aromatic nitrogens is 4. The quantitative estimate of drug-likeness (QED) is 0.529. The molecule has 26 heavy (non-hydrogen) atoms. The maximum Gasteiger partial charge on any atom is 0.186 e. The number of halogens is 2. The number of hydrogen-bond donors (Lipinski definition) is 0. The zero-order chi connectivity index (χ0) is 17.7. The molecule has 0 radical (unpaired) electrons. The van der Waals surface area contributed by atoms with Crippen molar-refractivity contribution in [1.82, 2.24) is 19.8 Å². The second-order valence-electron chi connectivity index (χ2n) is 6.47. The topological polar surface area (TPSA) is 46.3 Å². The lowest BCUT2D eigenvalue weighted by Gasteiger charge is -2.19. The SMILES string of the molecule is Fc1cccc(-c2nnn3c2nc(N2CCCC2)c2cc(Cl)ccc23)c1. The summed E-state index contributed by atoms with van der Waals surface area (Å²) >= 11 is 6.23. The van der Waals surface area contributed by atoms with Gasteiger partial charge in [-0.1, -0.05) is 28.9 Å². The van der Waals surface area contributed by atoms with E-state index in [9.17, 15) is 4.39 Å². The minimum Gasteiger partial charge on any atom is -0.356 e. The van der Waals surface area contributed by atoms with Gasteiger partial charge in [-0.2, -0.15) is 4.52 Å². The highest BCUT2D eigenvalue weighted by atomic mass is 35.5. The van der Waals surface area contributed by atoms with Crippen LogP contribution in [0.2, 0.25) is 5.02 Å². The second-order valence-corrected chi connectivity index (χ2v) is 6.91.